The Bertz CT molecular complexity index is 484. The lowest BCUT2D eigenvalue weighted by Gasteiger charge is -2.06. The van der Waals surface area contributed by atoms with E-state index in [0.717, 1.165) is 25.3 Å². The first kappa shape index (κ1) is 12.7. The number of nitrogens with two attached hydrogens (primary N) is 1. The highest BCUT2D eigenvalue weighted by Crippen LogP contribution is 2.17. The molecule has 0 atom stereocenters. The molecule has 0 fully saturated rings. The minimum Gasteiger partial charge on any atom is -0.379 e. The van der Waals surface area contributed by atoms with Gasteiger partial charge in [0.2, 0.25) is 0 Å². The van der Waals surface area contributed by atoms with Crippen molar-refractivity contribution >= 4 is 5.84 Å². The van der Waals surface area contributed by atoms with Crippen LogP contribution in [0.25, 0.3) is 0 Å². The van der Waals surface area contributed by atoms with Gasteiger partial charge in [0.15, 0.2) is 11.7 Å². The Hall–Kier alpha value is -1.76. The molecule has 18 heavy (non-hydrogen) atoms. The maximum Gasteiger partial charge on any atom is 0.191 e. The predicted molar refractivity (Wildman–Crippen MR) is 69.2 cm³/mol. The van der Waals surface area contributed by atoms with Crippen LogP contribution in [0.3, 0.4) is 0 Å². The average Bonchev–Trinajstić information content (AvgIpc) is 2.87. The molecule has 0 unspecified atom stereocenters. The number of nitrogens with one attached hydrogen (secondary N) is 1. The summed E-state index contributed by atoms with van der Waals surface area (Å²) >= 11 is 0. The summed E-state index contributed by atoms with van der Waals surface area (Å²) in [4.78, 5) is 4.50. The van der Waals surface area contributed by atoms with E-state index in [4.69, 9.17) is 5.73 Å². The first-order chi connectivity index (χ1) is 8.63. The summed E-state index contributed by atoms with van der Waals surface area (Å²) in [6.45, 7) is 8.36. The van der Waals surface area contributed by atoms with Gasteiger partial charge in [0, 0.05) is 19.6 Å². The summed E-state index contributed by atoms with van der Waals surface area (Å²) < 4.78 is 2.07. The molecule has 7 nitrogen and oxygen atoms in total. The zero-order valence-electron chi connectivity index (χ0n) is 11.0. The van der Waals surface area contributed by atoms with Gasteiger partial charge in [0.25, 0.3) is 0 Å². The summed E-state index contributed by atoms with van der Waals surface area (Å²) in [5, 5.41) is 14.8. The normalized spacial score (nSPS) is 15.9. The Kier molecular flexibility index (Phi) is 3.71. The summed E-state index contributed by atoms with van der Waals surface area (Å²) in [6.07, 6.45) is 0. The zero-order valence-corrected chi connectivity index (χ0v) is 11.0. The topological polar surface area (TPSA) is 93.0 Å². The maximum atomic E-state index is 5.91. The fraction of sp³-hybridized carbons (Fsp3) is 0.636. The predicted octanol–water partition coefficient (Wildman–Crippen LogP) is 0.987. The van der Waals surface area contributed by atoms with Gasteiger partial charge in [-0.2, -0.15) is 5.11 Å². The molecule has 0 saturated heterocycles. The summed E-state index contributed by atoms with van der Waals surface area (Å²) in [5.74, 6) is 1.00. The van der Waals surface area contributed by atoms with Crippen LogP contribution in [0.15, 0.2) is 15.4 Å². The second-order valence-electron chi connectivity index (χ2n) is 4.46. The Balaban J connectivity index is 2.28. The molecule has 1 aromatic rings. The third kappa shape index (κ3) is 2.40. The molecule has 2 rings (SSSR count). The Morgan fingerprint density at radius 2 is 2.28 bits per heavy atom. The van der Waals surface area contributed by atoms with Crippen LogP contribution in [-0.2, 0) is 19.6 Å². The number of rotatable bonds is 4. The third-order valence-electron chi connectivity index (χ3n) is 2.72. The van der Waals surface area contributed by atoms with Crippen molar-refractivity contribution in [3.05, 3.63) is 17.2 Å². The van der Waals surface area contributed by atoms with Crippen molar-refractivity contribution < 1.29 is 0 Å². The number of aromatic nitrogens is 2. The van der Waals surface area contributed by atoms with Crippen LogP contribution in [0.2, 0.25) is 0 Å². The average molecular weight is 249 g/mol. The molecule has 0 aromatic carbocycles. The highest BCUT2D eigenvalue weighted by Gasteiger charge is 2.21. The Morgan fingerprint density at radius 1 is 1.50 bits per heavy atom. The van der Waals surface area contributed by atoms with E-state index >= 15 is 0 Å². The van der Waals surface area contributed by atoms with E-state index in [0.29, 0.717) is 11.7 Å². The van der Waals surface area contributed by atoms with Crippen molar-refractivity contribution in [3.8, 4) is 0 Å². The quantitative estimate of drug-likeness (QED) is 0.360. The van der Waals surface area contributed by atoms with Crippen LogP contribution in [0, 0.1) is 0 Å². The SMILES string of the molecule is CCn1c(/C(N)=N/N=NC(C)C)nc2c1CNC2. The fourth-order valence-corrected chi connectivity index (χ4v) is 1.93. The van der Waals surface area contributed by atoms with Gasteiger partial charge in [0.05, 0.1) is 17.4 Å². The number of fused-ring (bicyclic) bond motifs is 1. The van der Waals surface area contributed by atoms with Crippen molar-refractivity contribution in [2.45, 2.75) is 46.4 Å². The molecule has 3 N–H and O–H groups in total. The standard InChI is InChI=1S/C11H19N7/c1-4-18-9-6-13-5-8(9)14-11(18)10(12)16-17-15-7(2)3/h7,13H,4-6H2,1-3H3,(H2,12,15,16). The van der Waals surface area contributed by atoms with Gasteiger partial charge >= 0.3 is 0 Å². The first-order valence-corrected chi connectivity index (χ1v) is 6.16. The largest absolute Gasteiger partial charge is 0.379 e. The van der Waals surface area contributed by atoms with E-state index in [1.165, 1.54) is 5.69 Å². The first-order valence-electron chi connectivity index (χ1n) is 6.16. The van der Waals surface area contributed by atoms with E-state index < -0.39 is 0 Å². The molecule has 1 aromatic heterocycles. The third-order valence-corrected chi connectivity index (χ3v) is 2.72. The van der Waals surface area contributed by atoms with Gasteiger partial charge in [-0.25, -0.2) is 4.98 Å². The Morgan fingerprint density at radius 3 is 2.94 bits per heavy atom. The van der Waals surface area contributed by atoms with Crippen molar-refractivity contribution in [2.24, 2.45) is 21.2 Å². The minimum atomic E-state index is 0.113. The minimum absolute atomic E-state index is 0.113. The molecule has 98 valence electrons. The molecule has 1 aliphatic rings. The molecule has 0 spiro atoms. The highest BCUT2D eigenvalue weighted by atomic mass is 15.4. The molecule has 2 heterocycles. The summed E-state index contributed by atoms with van der Waals surface area (Å²) in [5.41, 5.74) is 8.14. The maximum absolute atomic E-state index is 5.91. The van der Waals surface area contributed by atoms with Crippen molar-refractivity contribution in [2.75, 3.05) is 0 Å². The lowest BCUT2D eigenvalue weighted by Crippen LogP contribution is -2.21. The number of nitrogens with zero attached hydrogens (tertiary/aromatic N) is 5. The van der Waals surface area contributed by atoms with E-state index in [-0.39, 0.29) is 6.04 Å². The number of hydrogen-bond donors (Lipinski definition) is 2. The van der Waals surface area contributed by atoms with Gasteiger partial charge in [0.1, 0.15) is 0 Å². The van der Waals surface area contributed by atoms with E-state index in [9.17, 15) is 0 Å². The van der Waals surface area contributed by atoms with E-state index in [1.807, 2.05) is 13.8 Å². The number of imidazole rings is 1. The van der Waals surface area contributed by atoms with Crippen LogP contribution >= 0.6 is 0 Å². The molecule has 0 amide bonds. The molecule has 0 saturated carbocycles. The number of amidine groups is 1. The highest BCUT2D eigenvalue weighted by molar-refractivity contribution is 5.94. The van der Waals surface area contributed by atoms with Crippen LogP contribution < -0.4 is 11.1 Å². The monoisotopic (exact) mass is 249 g/mol. The lowest BCUT2D eigenvalue weighted by atomic mass is 10.4. The van der Waals surface area contributed by atoms with Gasteiger partial charge < -0.3 is 15.6 Å². The van der Waals surface area contributed by atoms with E-state index in [1.54, 1.807) is 0 Å². The number of hydrogen-bond acceptors (Lipinski definition) is 4. The van der Waals surface area contributed by atoms with Crippen molar-refractivity contribution in [1.82, 2.24) is 14.9 Å². The molecule has 7 heteroatoms. The molecule has 0 aliphatic carbocycles. The lowest BCUT2D eigenvalue weighted by molar-refractivity contribution is 0.665. The van der Waals surface area contributed by atoms with Gasteiger partial charge in [-0.3, -0.25) is 0 Å². The Labute approximate surface area is 106 Å². The van der Waals surface area contributed by atoms with Crippen LogP contribution in [-0.4, -0.2) is 21.4 Å². The van der Waals surface area contributed by atoms with Gasteiger partial charge in [-0.15, -0.1) is 5.10 Å². The van der Waals surface area contributed by atoms with Gasteiger partial charge in [-0.1, -0.05) is 0 Å². The van der Waals surface area contributed by atoms with Gasteiger partial charge in [-0.05, 0) is 26.0 Å². The summed E-state index contributed by atoms with van der Waals surface area (Å²) in [7, 11) is 0. The zero-order chi connectivity index (χ0) is 13.1. The molecular weight excluding hydrogens is 230 g/mol. The smallest absolute Gasteiger partial charge is 0.191 e. The van der Waals surface area contributed by atoms with Crippen LogP contribution in [0.5, 0.6) is 0 Å². The second-order valence-corrected chi connectivity index (χ2v) is 4.46. The molecule has 0 radical (unpaired) electrons. The van der Waals surface area contributed by atoms with Crippen molar-refractivity contribution in [3.63, 3.8) is 0 Å². The van der Waals surface area contributed by atoms with Crippen LogP contribution in [0.1, 0.15) is 38.0 Å². The molecule has 0 bridgehead atoms. The van der Waals surface area contributed by atoms with Crippen molar-refractivity contribution in [1.29, 1.82) is 0 Å². The fourth-order valence-electron chi connectivity index (χ4n) is 1.93. The summed E-state index contributed by atoms with van der Waals surface area (Å²) in [6, 6.07) is 0.113. The second kappa shape index (κ2) is 5.26. The molecule has 1 aliphatic heterocycles. The molecular formula is C11H19N7. The van der Waals surface area contributed by atoms with E-state index in [2.05, 4.69) is 37.2 Å². The van der Waals surface area contributed by atoms with Crippen LogP contribution in [0.4, 0.5) is 0 Å².